The topological polar surface area (TPSA) is 17.8 Å². The smallest absolute Gasteiger partial charge is 0.0934 e. The minimum Gasteiger partial charge on any atom is -0.267 e. The van der Waals surface area contributed by atoms with Crippen LogP contribution in [0, 0.1) is 5.92 Å². The quantitative estimate of drug-likeness (QED) is 0.758. The van der Waals surface area contributed by atoms with Gasteiger partial charge in [0.2, 0.25) is 0 Å². The lowest BCUT2D eigenvalue weighted by atomic mass is 10.2. The van der Waals surface area contributed by atoms with Crippen molar-refractivity contribution < 1.29 is 0 Å². The van der Waals surface area contributed by atoms with E-state index in [1.54, 1.807) is 11.3 Å². The first-order chi connectivity index (χ1) is 7.86. The molecule has 1 saturated carbocycles. The summed E-state index contributed by atoms with van der Waals surface area (Å²) in [6.45, 7) is 1.03. The van der Waals surface area contributed by atoms with E-state index in [4.69, 9.17) is 11.6 Å². The van der Waals surface area contributed by atoms with Gasteiger partial charge in [0.15, 0.2) is 0 Å². The molecule has 2 nitrogen and oxygen atoms in total. The van der Waals surface area contributed by atoms with E-state index in [1.165, 1.54) is 18.4 Å². The predicted molar refractivity (Wildman–Crippen MR) is 67.8 cm³/mol. The summed E-state index contributed by atoms with van der Waals surface area (Å²) >= 11 is 7.65. The highest BCUT2D eigenvalue weighted by molar-refractivity contribution is 7.08. The van der Waals surface area contributed by atoms with E-state index in [1.807, 2.05) is 0 Å². The van der Waals surface area contributed by atoms with Gasteiger partial charge in [-0.15, -0.1) is 11.6 Å². The van der Waals surface area contributed by atoms with Gasteiger partial charge in [0.05, 0.1) is 17.3 Å². The lowest BCUT2D eigenvalue weighted by Gasteiger charge is -2.02. The van der Waals surface area contributed by atoms with Crippen molar-refractivity contribution >= 4 is 22.9 Å². The fourth-order valence-corrected chi connectivity index (χ4v) is 2.68. The van der Waals surface area contributed by atoms with Crippen LogP contribution in [0.1, 0.15) is 18.5 Å². The second-order valence-corrected chi connectivity index (χ2v) is 5.34. The fraction of sp³-hybridized carbons (Fsp3) is 0.417. The van der Waals surface area contributed by atoms with Crippen molar-refractivity contribution in [2.24, 2.45) is 5.92 Å². The van der Waals surface area contributed by atoms with Crippen molar-refractivity contribution in [3.63, 3.8) is 0 Å². The third kappa shape index (κ3) is 2.02. The Morgan fingerprint density at radius 3 is 3.00 bits per heavy atom. The fourth-order valence-electron chi connectivity index (χ4n) is 1.82. The average Bonchev–Trinajstić information content (AvgIpc) is 2.83. The minimum absolute atomic E-state index is 0.545. The van der Waals surface area contributed by atoms with Crippen LogP contribution in [0.25, 0.3) is 11.3 Å². The van der Waals surface area contributed by atoms with E-state index >= 15 is 0 Å². The lowest BCUT2D eigenvalue weighted by Crippen LogP contribution is -2.05. The Labute approximate surface area is 104 Å². The number of halogens is 1. The SMILES string of the molecule is ClCc1cc(-c2ccsc2)nn1CC1CC1. The number of aromatic nitrogens is 2. The van der Waals surface area contributed by atoms with Crippen molar-refractivity contribution in [3.8, 4) is 11.3 Å². The zero-order chi connectivity index (χ0) is 11.0. The third-order valence-corrected chi connectivity index (χ3v) is 3.90. The second kappa shape index (κ2) is 4.22. The Morgan fingerprint density at radius 2 is 2.38 bits per heavy atom. The standard InChI is InChI=1S/C12H13ClN2S/c13-6-11-5-12(10-3-4-16-8-10)14-15(11)7-9-1-2-9/h3-5,8-9H,1-2,6-7H2. The summed E-state index contributed by atoms with van der Waals surface area (Å²) < 4.78 is 2.08. The van der Waals surface area contributed by atoms with E-state index in [2.05, 4.69) is 32.7 Å². The molecule has 4 heteroatoms. The maximum atomic E-state index is 5.95. The van der Waals surface area contributed by atoms with E-state index in [0.717, 1.165) is 23.9 Å². The Balaban J connectivity index is 1.91. The Hall–Kier alpha value is -0.800. The first kappa shape index (κ1) is 10.4. The highest BCUT2D eigenvalue weighted by Crippen LogP contribution is 2.32. The van der Waals surface area contributed by atoms with Crippen LogP contribution in [0.15, 0.2) is 22.9 Å². The van der Waals surface area contributed by atoms with Crippen molar-refractivity contribution in [1.29, 1.82) is 0 Å². The molecule has 84 valence electrons. The van der Waals surface area contributed by atoms with Gasteiger partial charge in [-0.1, -0.05) is 0 Å². The number of hydrogen-bond acceptors (Lipinski definition) is 2. The molecule has 0 unspecified atom stereocenters. The van der Waals surface area contributed by atoms with Crippen LogP contribution in [-0.2, 0) is 12.4 Å². The van der Waals surface area contributed by atoms with Gasteiger partial charge in [-0.2, -0.15) is 16.4 Å². The molecule has 0 N–H and O–H groups in total. The second-order valence-electron chi connectivity index (χ2n) is 4.29. The number of hydrogen-bond donors (Lipinski definition) is 0. The molecule has 2 aromatic rings. The largest absolute Gasteiger partial charge is 0.267 e. The molecular weight excluding hydrogens is 240 g/mol. The van der Waals surface area contributed by atoms with Crippen molar-refractivity contribution in [1.82, 2.24) is 9.78 Å². The van der Waals surface area contributed by atoms with E-state index < -0.39 is 0 Å². The first-order valence-corrected chi connectivity index (χ1v) is 7.00. The minimum atomic E-state index is 0.545. The zero-order valence-electron chi connectivity index (χ0n) is 8.90. The summed E-state index contributed by atoms with van der Waals surface area (Å²) in [5, 5.41) is 8.85. The lowest BCUT2D eigenvalue weighted by molar-refractivity contribution is 0.549. The summed E-state index contributed by atoms with van der Waals surface area (Å²) in [5.41, 5.74) is 3.39. The van der Waals surface area contributed by atoms with Crippen LogP contribution in [0.3, 0.4) is 0 Å². The van der Waals surface area contributed by atoms with Crippen LogP contribution < -0.4 is 0 Å². The van der Waals surface area contributed by atoms with Crippen molar-refractivity contribution in [3.05, 3.63) is 28.6 Å². The Kier molecular flexibility index (Phi) is 2.74. The molecule has 0 aromatic carbocycles. The van der Waals surface area contributed by atoms with Crippen LogP contribution in [0.4, 0.5) is 0 Å². The predicted octanol–water partition coefficient (Wildman–Crippen LogP) is 3.76. The molecule has 0 radical (unpaired) electrons. The van der Waals surface area contributed by atoms with Gasteiger partial charge in [-0.05, 0) is 36.3 Å². The molecule has 1 aliphatic rings. The Morgan fingerprint density at radius 1 is 1.50 bits per heavy atom. The van der Waals surface area contributed by atoms with Gasteiger partial charge in [0.1, 0.15) is 0 Å². The molecule has 1 aliphatic carbocycles. The maximum absolute atomic E-state index is 5.95. The number of rotatable bonds is 4. The molecule has 2 aromatic heterocycles. The summed E-state index contributed by atoms with van der Waals surface area (Å²) in [4.78, 5) is 0. The Bertz CT molecular complexity index is 471. The van der Waals surface area contributed by atoms with Gasteiger partial charge in [0, 0.05) is 17.5 Å². The molecule has 0 spiro atoms. The zero-order valence-corrected chi connectivity index (χ0v) is 10.5. The maximum Gasteiger partial charge on any atom is 0.0934 e. The monoisotopic (exact) mass is 252 g/mol. The molecule has 2 heterocycles. The molecule has 0 atom stereocenters. The molecule has 0 aliphatic heterocycles. The van der Waals surface area contributed by atoms with Crippen LogP contribution >= 0.6 is 22.9 Å². The summed E-state index contributed by atoms with van der Waals surface area (Å²) in [7, 11) is 0. The highest BCUT2D eigenvalue weighted by atomic mass is 35.5. The number of thiophene rings is 1. The van der Waals surface area contributed by atoms with Crippen molar-refractivity contribution in [2.75, 3.05) is 0 Å². The molecule has 0 bridgehead atoms. The highest BCUT2D eigenvalue weighted by Gasteiger charge is 2.23. The third-order valence-electron chi connectivity index (χ3n) is 2.95. The number of alkyl halides is 1. The van der Waals surface area contributed by atoms with Gasteiger partial charge in [-0.25, -0.2) is 0 Å². The van der Waals surface area contributed by atoms with Gasteiger partial charge in [0.25, 0.3) is 0 Å². The van der Waals surface area contributed by atoms with Crippen LogP contribution in [0.2, 0.25) is 0 Å². The van der Waals surface area contributed by atoms with Crippen LogP contribution in [-0.4, -0.2) is 9.78 Å². The first-order valence-electron chi connectivity index (χ1n) is 5.52. The summed E-state index contributed by atoms with van der Waals surface area (Å²) in [6, 6.07) is 4.21. The summed E-state index contributed by atoms with van der Waals surface area (Å²) in [6.07, 6.45) is 2.69. The number of nitrogens with zero attached hydrogens (tertiary/aromatic N) is 2. The molecule has 16 heavy (non-hydrogen) atoms. The van der Waals surface area contributed by atoms with Crippen LogP contribution in [0.5, 0.6) is 0 Å². The van der Waals surface area contributed by atoms with Gasteiger partial charge in [-0.3, -0.25) is 4.68 Å². The van der Waals surface area contributed by atoms with E-state index in [0.29, 0.717) is 5.88 Å². The van der Waals surface area contributed by atoms with E-state index in [-0.39, 0.29) is 0 Å². The molecule has 3 rings (SSSR count). The van der Waals surface area contributed by atoms with Gasteiger partial charge < -0.3 is 0 Å². The molecular formula is C12H13ClN2S. The van der Waals surface area contributed by atoms with E-state index in [9.17, 15) is 0 Å². The van der Waals surface area contributed by atoms with Gasteiger partial charge >= 0.3 is 0 Å². The average molecular weight is 253 g/mol. The molecule has 1 fully saturated rings. The molecule has 0 amide bonds. The summed E-state index contributed by atoms with van der Waals surface area (Å²) in [5.74, 6) is 1.38. The molecule has 0 saturated heterocycles. The normalized spacial score (nSPS) is 15.6. The van der Waals surface area contributed by atoms with Crippen molar-refractivity contribution in [2.45, 2.75) is 25.3 Å².